The fraction of sp³-hybridized carbons (Fsp3) is 0.500. The maximum absolute atomic E-state index is 13.2. The van der Waals surface area contributed by atoms with Gasteiger partial charge in [-0.2, -0.15) is 0 Å². The maximum atomic E-state index is 13.2. The van der Waals surface area contributed by atoms with E-state index in [9.17, 15) is 9.59 Å². The van der Waals surface area contributed by atoms with E-state index in [1.165, 1.54) is 6.26 Å². The summed E-state index contributed by atoms with van der Waals surface area (Å²) in [6, 6.07) is 9.10. The summed E-state index contributed by atoms with van der Waals surface area (Å²) in [5.74, 6) is 0.569. The van der Waals surface area contributed by atoms with Gasteiger partial charge in [-0.1, -0.05) is 27.7 Å². The van der Waals surface area contributed by atoms with E-state index in [-0.39, 0.29) is 23.5 Å². The molecular weight excluding hydrogens is 378 g/mol. The van der Waals surface area contributed by atoms with Crippen molar-refractivity contribution in [2.75, 3.05) is 30.9 Å². The molecule has 0 aliphatic heterocycles. The van der Waals surface area contributed by atoms with Crippen LogP contribution in [-0.2, 0) is 11.3 Å². The summed E-state index contributed by atoms with van der Waals surface area (Å²) in [5, 5.41) is 2.88. The fourth-order valence-corrected chi connectivity index (χ4v) is 3.60. The van der Waals surface area contributed by atoms with Crippen LogP contribution in [0.1, 0.15) is 56.7 Å². The predicted molar refractivity (Wildman–Crippen MR) is 122 cm³/mol. The van der Waals surface area contributed by atoms with Gasteiger partial charge in [0.05, 0.1) is 6.26 Å². The number of carbonyl (C=O) groups excluding carboxylic acids is 2. The average Bonchev–Trinajstić information content (AvgIpc) is 3.23. The van der Waals surface area contributed by atoms with Gasteiger partial charge in [0.1, 0.15) is 0 Å². The van der Waals surface area contributed by atoms with Crippen molar-refractivity contribution in [2.45, 2.75) is 47.1 Å². The van der Waals surface area contributed by atoms with E-state index >= 15 is 0 Å². The molecule has 164 valence electrons. The molecule has 0 aliphatic rings. The number of nitrogens with zero attached hydrogens (tertiary/aromatic N) is 2. The van der Waals surface area contributed by atoms with Crippen molar-refractivity contribution >= 4 is 23.2 Å². The highest BCUT2D eigenvalue weighted by Gasteiger charge is 2.23. The Morgan fingerprint density at radius 1 is 1.10 bits per heavy atom. The molecule has 2 amide bonds. The third-order valence-electron chi connectivity index (χ3n) is 5.16. The van der Waals surface area contributed by atoms with Crippen LogP contribution >= 0.6 is 0 Å². The highest BCUT2D eigenvalue weighted by molar-refractivity contribution is 6.02. The molecule has 1 N–H and O–H groups in total. The smallest absolute Gasteiger partial charge is 0.291 e. The molecule has 0 unspecified atom stereocenters. The second kappa shape index (κ2) is 10.9. The standard InChI is InChI=1S/C24H35N3O3/c1-7-18(8-2)24(29)27(15-17(3)4)16-19-14-20(11-12-21(19)26(5)6)25-23(28)22-10-9-13-30-22/h9-14,17-18H,7-8,15-16H2,1-6H3,(H,25,28). The SMILES string of the molecule is CCC(CC)C(=O)N(Cc1cc(NC(=O)c2ccco2)ccc1N(C)C)CC(C)C. The second-order valence-electron chi connectivity index (χ2n) is 8.30. The molecular formula is C24H35N3O3. The van der Waals surface area contributed by atoms with Crippen LogP contribution in [0.5, 0.6) is 0 Å². The van der Waals surface area contributed by atoms with Crippen LogP contribution in [0, 0.1) is 11.8 Å². The van der Waals surface area contributed by atoms with E-state index in [0.29, 0.717) is 24.7 Å². The first-order valence-corrected chi connectivity index (χ1v) is 10.7. The number of hydrogen-bond acceptors (Lipinski definition) is 4. The van der Waals surface area contributed by atoms with E-state index in [0.717, 1.165) is 24.1 Å². The molecule has 30 heavy (non-hydrogen) atoms. The van der Waals surface area contributed by atoms with Gasteiger partial charge >= 0.3 is 0 Å². The van der Waals surface area contributed by atoms with Gasteiger partial charge in [0.15, 0.2) is 5.76 Å². The Kier molecular flexibility index (Phi) is 8.51. The van der Waals surface area contributed by atoms with E-state index in [2.05, 4.69) is 33.0 Å². The summed E-state index contributed by atoms with van der Waals surface area (Å²) in [6.45, 7) is 9.59. The Morgan fingerprint density at radius 3 is 2.33 bits per heavy atom. The predicted octanol–water partition coefficient (Wildman–Crippen LogP) is 5.02. The Bertz CT molecular complexity index is 824. The van der Waals surface area contributed by atoms with Gasteiger partial charge in [-0.25, -0.2) is 0 Å². The molecule has 1 heterocycles. The highest BCUT2D eigenvalue weighted by atomic mass is 16.3. The minimum absolute atomic E-state index is 0.0356. The summed E-state index contributed by atoms with van der Waals surface area (Å²) in [4.78, 5) is 29.5. The summed E-state index contributed by atoms with van der Waals surface area (Å²) >= 11 is 0. The minimum Gasteiger partial charge on any atom is -0.459 e. The number of anilines is 2. The summed E-state index contributed by atoms with van der Waals surface area (Å²) in [5.41, 5.74) is 2.70. The third kappa shape index (κ3) is 6.12. The van der Waals surface area contributed by atoms with Gasteiger partial charge in [0, 0.05) is 44.5 Å². The minimum atomic E-state index is -0.296. The molecule has 1 aromatic carbocycles. The van der Waals surface area contributed by atoms with Crippen LogP contribution in [0.4, 0.5) is 11.4 Å². The van der Waals surface area contributed by atoms with Crippen molar-refractivity contribution < 1.29 is 14.0 Å². The van der Waals surface area contributed by atoms with Crippen LogP contribution in [0.15, 0.2) is 41.0 Å². The molecule has 1 aromatic heterocycles. The van der Waals surface area contributed by atoms with Gasteiger partial charge in [-0.3, -0.25) is 9.59 Å². The monoisotopic (exact) mass is 413 g/mol. The Hall–Kier alpha value is -2.76. The number of benzene rings is 1. The van der Waals surface area contributed by atoms with Crippen LogP contribution < -0.4 is 10.2 Å². The van der Waals surface area contributed by atoms with Crippen LogP contribution in [-0.4, -0.2) is 37.4 Å². The molecule has 2 rings (SSSR count). The first-order valence-electron chi connectivity index (χ1n) is 10.7. The molecule has 0 bridgehead atoms. The van der Waals surface area contributed by atoms with Gasteiger partial charge in [0.2, 0.25) is 5.91 Å². The molecule has 0 atom stereocenters. The second-order valence-corrected chi connectivity index (χ2v) is 8.30. The number of hydrogen-bond donors (Lipinski definition) is 1. The quantitative estimate of drug-likeness (QED) is 0.594. The summed E-state index contributed by atoms with van der Waals surface area (Å²) in [6.07, 6.45) is 3.15. The normalized spacial score (nSPS) is 11.1. The largest absolute Gasteiger partial charge is 0.459 e. The zero-order valence-electron chi connectivity index (χ0n) is 19.1. The number of furan rings is 1. The zero-order valence-corrected chi connectivity index (χ0v) is 19.1. The van der Waals surface area contributed by atoms with Crippen molar-refractivity contribution in [3.05, 3.63) is 47.9 Å². The molecule has 0 saturated heterocycles. The van der Waals surface area contributed by atoms with Gasteiger partial charge in [-0.05, 0) is 54.7 Å². The molecule has 0 aliphatic carbocycles. The highest BCUT2D eigenvalue weighted by Crippen LogP contribution is 2.26. The summed E-state index contributed by atoms with van der Waals surface area (Å²) in [7, 11) is 3.96. The van der Waals surface area contributed by atoms with E-state index in [4.69, 9.17) is 4.42 Å². The van der Waals surface area contributed by atoms with E-state index < -0.39 is 0 Å². The molecule has 2 aromatic rings. The Labute approximate surface area is 180 Å². The van der Waals surface area contributed by atoms with Crippen molar-refractivity contribution in [1.29, 1.82) is 0 Å². The van der Waals surface area contributed by atoms with Gasteiger partial charge in [-0.15, -0.1) is 0 Å². The molecule has 0 radical (unpaired) electrons. The zero-order chi connectivity index (χ0) is 22.3. The van der Waals surface area contributed by atoms with Crippen LogP contribution in [0.25, 0.3) is 0 Å². The maximum Gasteiger partial charge on any atom is 0.291 e. The topological polar surface area (TPSA) is 65.8 Å². The van der Waals surface area contributed by atoms with E-state index in [1.807, 2.05) is 42.1 Å². The summed E-state index contributed by atoms with van der Waals surface area (Å²) < 4.78 is 5.18. The first kappa shape index (κ1) is 23.5. The molecule has 0 fully saturated rings. The number of nitrogens with one attached hydrogen (secondary N) is 1. The molecule has 6 heteroatoms. The van der Waals surface area contributed by atoms with Crippen LogP contribution in [0.2, 0.25) is 0 Å². The Morgan fingerprint density at radius 2 is 1.80 bits per heavy atom. The van der Waals surface area contributed by atoms with Crippen molar-refractivity contribution in [3.63, 3.8) is 0 Å². The lowest BCUT2D eigenvalue weighted by Crippen LogP contribution is -2.38. The van der Waals surface area contributed by atoms with Crippen molar-refractivity contribution in [2.24, 2.45) is 11.8 Å². The van der Waals surface area contributed by atoms with Crippen molar-refractivity contribution in [1.82, 2.24) is 4.90 Å². The first-order chi connectivity index (χ1) is 14.3. The third-order valence-corrected chi connectivity index (χ3v) is 5.16. The van der Waals surface area contributed by atoms with Crippen molar-refractivity contribution in [3.8, 4) is 0 Å². The lowest BCUT2D eigenvalue weighted by molar-refractivity contribution is -0.137. The number of rotatable bonds is 10. The lowest BCUT2D eigenvalue weighted by Gasteiger charge is -2.30. The van der Waals surface area contributed by atoms with E-state index in [1.54, 1.807) is 12.1 Å². The van der Waals surface area contributed by atoms with Gasteiger partial charge < -0.3 is 19.5 Å². The molecule has 6 nitrogen and oxygen atoms in total. The fourth-order valence-electron chi connectivity index (χ4n) is 3.60. The Balaban J connectivity index is 2.32. The number of carbonyl (C=O) groups is 2. The van der Waals surface area contributed by atoms with Gasteiger partial charge in [0.25, 0.3) is 5.91 Å². The average molecular weight is 414 g/mol. The van der Waals surface area contributed by atoms with Crippen LogP contribution in [0.3, 0.4) is 0 Å². The molecule has 0 spiro atoms. The molecule has 0 saturated carbocycles. The lowest BCUT2D eigenvalue weighted by atomic mass is 10.00. The number of amides is 2.